The third-order valence-electron chi connectivity index (χ3n) is 3.05. The first-order valence-electron chi connectivity index (χ1n) is 7.76. The summed E-state index contributed by atoms with van der Waals surface area (Å²) in [6.45, 7) is 6.84. The van der Waals surface area contributed by atoms with Crippen molar-refractivity contribution in [3.8, 4) is 0 Å². The first-order valence-corrected chi connectivity index (χ1v) is 7.76. The number of hydrogen-bond acceptors (Lipinski definition) is 5. The Labute approximate surface area is 141 Å². The highest BCUT2D eigenvalue weighted by Gasteiger charge is 2.16. The first-order chi connectivity index (χ1) is 11.2. The van der Waals surface area contributed by atoms with E-state index >= 15 is 0 Å². The third kappa shape index (κ3) is 6.28. The van der Waals surface area contributed by atoms with Crippen molar-refractivity contribution >= 4 is 23.5 Å². The lowest BCUT2D eigenvalue weighted by Gasteiger charge is -2.15. The molecule has 0 unspecified atom stereocenters. The largest absolute Gasteiger partial charge is 0.480 e. The number of carboxylic acids is 1. The van der Waals surface area contributed by atoms with Crippen molar-refractivity contribution in [2.24, 2.45) is 5.92 Å². The maximum Gasteiger partial charge on any atom is 0.322 e. The van der Waals surface area contributed by atoms with Crippen LogP contribution in [0.5, 0.6) is 0 Å². The molecule has 0 aliphatic heterocycles. The van der Waals surface area contributed by atoms with Gasteiger partial charge in [-0.25, -0.2) is 0 Å². The van der Waals surface area contributed by atoms with E-state index in [0.717, 1.165) is 5.69 Å². The molecule has 0 bridgehead atoms. The molecule has 7 nitrogen and oxygen atoms in total. The van der Waals surface area contributed by atoms with Gasteiger partial charge < -0.3 is 20.5 Å². The van der Waals surface area contributed by atoms with E-state index in [1.807, 2.05) is 13.8 Å². The summed E-state index contributed by atoms with van der Waals surface area (Å²) in [5.41, 5.74) is 1.52. The fourth-order valence-electron chi connectivity index (χ4n) is 1.90. The van der Waals surface area contributed by atoms with E-state index in [1.165, 1.54) is 0 Å². The fourth-order valence-corrected chi connectivity index (χ4v) is 1.90. The zero-order chi connectivity index (χ0) is 18.3. The quantitative estimate of drug-likeness (QED) is 0.627. The number of carboxylic acid groups (broad SMARTS) is 1. The average molecular weight is 336 g/mol. The highest BCUT2D eigenvalue weighted by atomic mass is 16.5. The van der Waals surface area contributed by atoms with Crippen molar-refractivity contribution in [1.82, 2.24) is 5.32 Å². The number of amides is 1. The van der Waals surface area contributed by atoms with Crippen LogP contribution < -0.4 is 10.6 Å². The van der Waals surface area contributed by atoms with Crippen LogP contribution in [0.1, 0.15) is 43.6 Å². The Kier molecular flexibility index (Phi) is 7.23. The summed E-state index contributed by atoms with van der Waals surface area (Å²) >= 11 is 0. The van der Waals surface area contributed by atoms with Crippen molar-refractivity contribution < 1.29 is 24.2 Å². The Morgan fingerprint density at radius 1 is 1.17 bits per heavy atom. The summed E-state index contributed by atoms with van der Waals surface area (Å²) in [5.74, 6) is -2.29. The number of ether oxygens (including phenoxy) is 1. The van der Waals surface area contributed by atoms with Crippen LogP contribution in [-0.4, -0.2) is 35.5 Å². The second kappa shape index (κ2) is 8.90. The molecule has 0 radical (unpaired) electrons. The number of esters is 1. The molecule has 0 aliphatic rings. The predicted octanol–water partition coefficient (Wildman–Crippen LogP) is 2.02. The summed E-state index contributed by atoms with van der Waals surface area (Å²) < 4.78 is 5.17. The van der Waals surface area contributed by atoms with Crippen LogP contribution in [0.25, 0.3) is 0 Å². The maximum atomic E-state index is 12.2. The van der Waals surface area contributed by atoms with Crippen LogP contribution in [-0.2, 0) is 20.9 Å². The minimum absolute atomic E-state index is 0.0468. The van der Waals surface area contributed by atoms with Crippen LogP contribution >= 0.6 is 0 Å². The molecule has 1 amide bonds. The molecule has 0 aromatic heterocycles. The SMILES string of the molecule is CC(C)Nc1ccc(COC(=O)C(C)C)c(C(=O)NCC(=O)O)c1. The summed E-state index contributed by atoms with van der Waals surface area (Å²) in [6.07, 6.45) is 0. The van der Waals surface area contributed by atoms with Gasteiger partial charge >= 0.3 is 11.9 Å². The monoisotopic (exact) mass is 336 g/mol. The van der Waals surface area contributed by atoms with Crippen LogP contribution in [0.3, 0.4) is 0 Å². The van der Waals surface area contributed by atoms with E-state index in [-0.39, 0.29) is 30.1 Å². The Hall–Kier alpha value is -2.57. The van der Waals surface area contributed by atoms with E-state index < -0.39 is 18.4 Å². The molecule has 1 aromatic rings. The number of aliphatic carboxylic acids is 1. The van der Waals surface area contributed by atoms with Gasteiger partial charge in [-0.15, -0.1) is 0 Å². The van der Waals surface area contributed by atoms with Gasteiger partial charge in [-0.05, 0) is 26.0 Å². The zero-order valence-corrected chi connectivity index (χ0v) is 14.4. The van der Waals surface area contributed by atoms with Gasteiger partial charge in [0.05, 0.1) is 5.92 Å². The van der Waals surface area contributed by atoms with Gasteiger partial charge in [-0.1, -0.05) is 19.9 Å². The minimum Gasteiger partial charge on any atom is -0.480 e. The predicted molar refractivity (Wildman–Crippen MR) is 89.8 cm³/mol. The summed E-state index contributed by atoms with van der Waals surface area (Å²) in [4.78, 5) is 34.5. The molecule has 0 spiro atoms. The Morgan fingerprint density at radius 3 is 2.38 bits per heavy atom. The average Bonchev–Trinajstić information content (AvgIpc) is 2.50. The van der Waals surface area contributed by atoms with Crippen molar-refractivity contribution in [2.45, 2.75) is 40.3 Å². The molecule has 1 aromatic carbocycles. The van der Waals surface area contributed by atoms with Crippen LogP contribution in [0.2, 0.25) is 0 Å². The highest BCUT2D eigenvalue weighted by Crippen LogP contribution is 2.18. The van der Waals surface area contributed by atoms with Crippen molar-refractivity contribution in [1.29, 1.82) is 0 Å². The van der Waals surface area contributed by atoms with Crippen molar-refractivity contribution in [3.05, 3.63) is 29.3 Å². The topological polar surface area (TPSA) is 105 Å². The van der Waals surface area contributed by atoms with Gasteiger partial charge in [0.1, 0.15) is 13.2 Å². The van der Waals surface area contributed by atoms with Gasteiger partial charge in [-0.2, -0.15) is 0 Å². The second-order valence-electron chi connectivity index (χ2n) is 6.01. The van der Waals surface area contributed by atoms with Gasteiger partial charge in [0.2, 0.25) is 0 Å². The summed E-state index contributed by atoms with van der Waals surface area (Å²) in [6, 6.07) is 5.26. The Balaban J connectivity index is 3.00. The number of rotatable bonds is 8. The zero-order valence-electron chi connectivity index (χ0n) is 14.4. The molecule has 1 rings (SSSR count). The normalized spacial score (nSPS) is 10.6. The molecule has 0 atom stereocenters. The number of carbonyl (C=O) groups is 3. The lowest BCUT2D eigenvalue weighted by atomic mass is 10.1. The number of nitrogens with one attached hydrogen (secondary N) is 2. The van der Waals surface area contributed by atoms with Gasteiger partial charge in [0.25, 0.3) is 5.91 Å². The molecular formula is C17H24N2O5. The molecule has 0 fully saturated rings. The van der Waals surface area contributed by atoms with E-state index in [4.69, 9.17) is 9.84 Å². The standard InChI is InChI=1S/C17H24N2O5/c1-10(2)17(23)24-9-12-5-6-13(19-11(3)4)7-14(12)16(22)18-8-15(20)21/h5-7,10-11,19H,8-9H2,1-4H3,(H,18,22)(H,20,21). The Bertz CT molecular complexity index is 611. The second-order valence-corrected chi connectivity index (χ2v) is 6.01. The van der Waals surface area contributed by atoms with Crippen LogP contribution in [0.15, 0.2) is 18.2 Å². The number of hydrogen-bond donors (Lipinski definition) is 3. The molecule has 24 heavy (non-hydrogen) atoms. The molecule has 0 heterocycles. The van der Waals surface area contributed by atoms with E-state index in [0.29, 0.717) is 5.56 Å². The molecule has 0 aliphatic carbocycles. The molecule has 3 N–H and O–H groups in total. The minimum atomic E-state index is -1.13. The van der Waals surface area contributed by atoms with Crippen molar-refractivity contribution in [3.63, 3.8) is 0 Å². The molecule has 7 heteroatoms. The lowest BCUT2D eigenvalue weighted by Crippen LogP contribution is -2.30. The Morgan fingerprint density at radius 2 is 1.83 bits per heavy atom. The first kappa shape index (κ1) is 19.5. The fraction of sp³-hybridized carbons (Fsp3) is 0.471. The molecular weight excluding hydrogens is 312 g/mol. The number of benzene rings is 1. The maximum absolute atomic E-state index is 12.2. The number of carbonyl (C=O) groups excluding carboxylic acids is 2. The molecule has 0 saturated heterocycles. The van der Waals surface area contributed by atoms with E-state index in [1.54, 1.807) is 32.0 Å². The summed E-state index contributed by atoms with van der Waals surface area (Å²) in [5, 5.41) is 14.2. The van der Waals surface area contributed by atoms with E-state index in [9.17, 15) is 14.4 Å². The van der Waals surface area contributed by atoms with Crippen LogP contribution in [0, 0.1) is 5.92 Å². The third-order valence-corrected chi connectivity index (χ3v) is 3.05. The summed E-state index contributed by atoms with van der Waals surface area (Å²) in [7, 11) is 0. The number of anilines is 1. The van der Waals surface area contributed by atoms with Gasteiger partial charge in [-0.3, -0.25) is 14.4 Å². The van der Waals surface area contributed by atoms with E-state index in [2.05, 4.69) is 10.6 Å². The molecule has 132 valence electrons. The van der Waals surface area contributed by atoms with Crippen molar-refractivity contribution in [2.75, 3.05) is 11.9 Å². The van der Waals surface area contributed by atoms with Gasteiger partial charge in [0, 0.05) is 22.9 Å². The highest BCUT2D eigenvalue weighted by molar-refractivity contribution is 5.98. The smallest absolute Gasteiger partial charge is 0.322 e. The van der Waals surface area contributed by atoms with Crippen LogP contribution in [0.4, 0.5) is 5.69 Å². The molecule has 0 saturated carbocycles. The van der Waals surface area contributed by atoms with Gasteiger partial charge in [0.15, 0.2) is 0 Å². The lowest BCUT2D eigenvalue weighted by molar-refractivity contribution is -0.148.